The van der Waals surface area contributed by atoms with Gasteiger partial charge in [0.25, 0.3) is 0 Å². The van der Waals surface area contributed by atoms with Crippen LogP contribution in [0.5, 0.6) is 0 Å². The lowest BCUT2D eigenvalue weighted by atomic mass is 10.2. The summed E-state index contributed by atoms with van der Waals surface area (Å²) < 4.78 is 4.40. The number of esters is 1. The molecule has 3 heteroatoms. The zero-order chi connectivity index (χ0) is 11.6. The van der Waals surface area contributed by atoms with Crippen molar-refractivity contribution in [3.63, 3.8) is 0 Å². The summed E-state index contributed by atoms with van der Waals surface area (Å²) in [7, 11) is 1.32. The monoisotopic (exact) mass is 216 g/mol. The van der Waals surface area contributed by atoms with Crippen LogP contribution < -0.4 is 0 Å². The van der Waals surface area contributed by atoms with Crippen molar-refractivity contribution >= 4 is 17.6 Å². The Hall–Kier alpha value is -1.02. The number of carbonyl (C=O) groups is 1. The van der Waals surface area contributed by atoms with Gasteiger partial charge in [0.05, 0.1) is 7.11 Å². The molecule has 0 aromatic carbocycles. The van der Waals surface area contributed by atoms with Gasteiger partial charge in [0, 0.05) is 11.1 Å². The Morgan fingerprint density at radius 3 is 2.21 bits per heavy atom. The van der Waals surface area contributed by atoms with Crippen LogP contribution in [0.1, 0.15) is 20.8 Å². The van der Waals surface area contributed by atoms with E-state index in [1.54, 1.807) is 13.0 Å². The van der Waals surface area contributed by atoms with Crippen LogP contribution >= 0.6 is 11.6 Å². The molecule has 0 aromatic heterocycles. The number of allylic oxidation sites excluding steroid dienone is 4. The number of ether oxygens (including phenoxy) is 1. The van der Waals surface area contributed by atoms with Crippen LogP contribution in [0.2, 0.25) is 0 Å². The molecule has 0 atom stereocenters. The van der Waals surface area contributed by atoms with E-state index in [4.69, 9.17) is 11.6 Å². The van der Waals surface area contributed by atoms with Gasteiger partial charge in [0.15, 0.2) is 0 Å². The molecule has 0 heterocycles. The van der Waals surface area contributed by atoms with E-state index in [2.05, 4.69) is 11.3 Å². The van der Waals surface area contributed by atoms with Gasteiger partial charge < -0.3 is 4.74 Å². The SMILES string of the molecule is C=C/C(Cl)=C(C)/C=C/C(=O)OC.CC. The van der Waals surface area contributed by atoms with E-state index in [0.717, 1.165) is 5.57 Å². The molecule has 0 N–H and O–H groups in total. The van der Waals surface area contributed by atoms with Gasteiger partial charge in [-0.05, 0) is 12.5 Å². The lowest BCUT2D eigenvalue weighted by molar-refractivity contribution is -0.134. The molecule has 0 saturated heterocycles. The molecule has 0 aliphatic carbocycles. The Morgan fingerprint density at radius 1 is 1.36 bits per heavy atom. The summed E-state index contributed by atoms with van der Waals surface area (Å²) in [5.74, 6) is -0.400. The van der Waals surface area contributed by atoms with E-state index in [-0.39, 0.29) is 0 Å². The lowest BCUT2D eigenvalue weighted by Gasteiger charge is -1.93. The van der Waals surface area contributed by atoms with E-state index < -0.39 is 5.97 Å². The summed E-state index contributed by atoms with van der Waals surface area (Å²) >= 11 is 5.70. The van der Waals surface area contributed by atoms with Gasteiger partial charge in [-0.25, -0.2) is 4.79 Å². The molecule has 0 amide bonds. The van der Waals surface area contributed by atoms with Crippen molar-refractivity contribution in [2.24, 2.45) is 0 Å². The van der Waals surface area contributed by atoms with Crippen molar-refractivity contribution in [1.29, 1.82) is 0 Å². The van der Waals surface area contributed by atoms with Crippen LogP contribution in [0, 0.1) is 0 Å². The molecule has 14 heavy (non-hydrogen) atoms. The first-order valence-corrected chi connectivity index (χ1v) is 4.74. The smallest absolute Gasteiger partial charge is 0.330 e. The van der Waals surface area contributed by atoms with Gasteiger partial charge in [0.1, 0.15) is 0 Å². The Labute approximate surface area is 90.9 Å². The summed E-state index contributed by atoms with van der Waals surface area (Å²) in [5.41, 5.74) is 0.775. The molecule has 0 aromatic rings. The zero-order valence-electron chi connectivity index (χ0n) is 9.13. The number of rotatable bonds is 3. The molecule has 80 valence electrons. The zero-order valence-corrected chi connectivity index (χ0v) is 9.89. The maximum Gasteiger partial charge on any atom is 0.330 e. The second-order valence-corrected chi connectivity index (χ2v) is 2.50. The van der Waals surface area contributed by atoms with Crippen molar-refractivity contribution in [2.45, 2.75) is 20.8 Å². The van der Waals surface area contributed by atoms with E-state index >= 15 is 0 Å². The van der Waals surface area contributed by atoms with Crippen molar-refractivity contribution in [1.82, 2.24) is 0 Å². The molecule has 2 nitrogen and oxygen atoms in total. The van der Waals surface area contributed by atoms with Crippen LogP contribution in [0.25, 0.3) is 0 Å². The van der Waals surface area contributed by atoms with Crippen LogP contribution in [0.3, 0.4) is 0 Å². The Balaban J connectivity index is 0. The number of hydrogen-bond acceptors (Lipinski definition) is 2. The Morgan fingerprint density at radius 2 is 1.86 bits per heavy atom. The maximum atomic E-state index is 10.6. The van der Waals surface area contributed by atoms with E-state index in [1.807, 2.05) is 13.8 Å². The van der Waals surface area contributed by atoms with Crippen molar-refractivity contribution < 1.29 is 9.53 Å². The normalized spacial score (nSPS) is 11.2. The number of halogens is 1. The molecule has 0 spiro atoms. The second kappa shape index (κ2) is 10.1. The molecule has 0 bridgehead atoms. The summed E-state index contributed by atoms with van der Waals surface area (Å²) in [6.45, 7) is 9.27. The minimum Gasteiger partial charge on any atom is -0.466 e. The highest BCUT2D eigenvalue weighted by Gasteiger charge is 1.93. The standard InChI is InChI=1S/C9H11ClO2.C2H6/c1-4-8(10)7(2)5-6-9(11)12-3;1-2/h4-6H,1H2,2-3H3;1-2H3/b6-5+,8-7-;. The van der Waals surface area contributed by atoms with E-state index in [9.17, 15) is 4.79 Å². The highest BCUT2D eigenvalue weighted by atomic mass is 35.5. The molecule has 0 fully saturated rings. The predicted molar refractivity (Wildman–Crippen MR) is 61.3 cm³/mol. The minimum absolute atomic E-state index is 0.400. The van der Waals surface area contributed by atoms with Crippen LogP contribution in [-0.2, 0) is 9.53 Å². The topological polar surface area (TPSA) is 26.3 Å². The lowest BCUT2D eigenvalue weighted by Crippen LogP contribution is -1.93. The molecular weight excluding hydrogens is 200 g/mol. The fraction of sp³-hybridized carbons (Fsp3) is 0.364. The number of hydrogen-bond donors (Lipinski definition) is 0. The average molecular weight is 217 g/mol. The van der Waals surface area contributed by atoms with Crippen LogP contribution in [0.4, 0.5) is 0 Å². The van der Waals surface area contributed by atoms with E-state index in [1.165, 1.54) is 19.3 Å². The van der Waals surface area contributed by atoms with E-state index in [0.29, 0.717) is 5.03 Å². The Kier molecular flexibility index (Phi) is 11.1. The quantitative estimate of drug-likeness (QED) is 0.411. The third kappa shape index (κ3) is 7.62. The Bertz CT molecular complexity index is 240. The van der Waals surface area contributed by atoms with Gasteiger partial charge >= 0.3 is 5.97 Å². The molecule has 0 aliphatic rings. The maximum absolute atomic E-state index is 10.6. The highest BCUT2D eigenvalue weighted by Crippen LogP contribution is 2.10. The highest BCUT2D eigenvalue weighted by molar-refractivity contribution is 6.31. The molecule has 0 rings (SSSR count). The average Bonchev–Trinajstić information content (AvgIpc) is 2.26. The first kappa shape index (κ1) is 15.5. The second-order valence-electron chi connectivity index (χ2n) is 2.09. The molecular formula is C11H17ClO2. The summed E-state index contributed by atoms with van der Waals surface area (Å²) in [5, 5.41) is 0.523. The third-order valence-corrected chi connectivity index (χ3v) is 1.68. The van der Waals surface area contributed by atoms with Crippen LogP contribution in [0.15, 0.2) is 35.4 Å². The molecule has 0 aliphatic heterocycles. The number of carbonyl (C=O) groups excluding carboxylic acids is 1. The first-order valence-electron chi connectivity index (χ1n) is 4.36. The predicted octanol–water partition coefficient (Wildman–Crippen LogP) is 3.44. The van der Waals surface area contributed by atoms with Gasteiger partial charge in [0.2, 0.25) is 0 Å². The van der Waals surface area contributed by atoms with Crippen molar-refractivity contribution in [2.75, 3.05) is 7.11 Å². The summed E-state index contributed by atoms with van der Waals surface area (Å²) in [6.07, 6.45) is 4.40. The largest absolute Gasteiger partial charge is 0.466 e. The molecule has 0 saturated carbocycles. The van der Waals surface area contributed by atoms with Gasteiger partial charge in [-0.3, -0.25) is 0 Å². The molecule has 0 radical (unpaired) electrons. The van der Waals surface area contributed by atoms with Crippen LogP contribution in [-0.4, -0.2) is 13.1 Å². The van der Waals surface area contributed by atoms with Crippen molar-refractivity contribution in [3.8, 4) is 0 Å². The first-order chi connectivity index (χ1) is 6.61. The summed E-state index contributed by atoms with van der Waals surface area (Å²) in [4.78, 5) is 10.6. The van der Waals surface area contributed by atoms with Gasteiger partial charge in [-0.1, -0.05) is 44.2 Å². The van der Waals surface area contributed by atoms with Crippen molar-refractivity contribution in [3.05, 3.63) is 35.4 Å². The fourth-order valence-electron chi connectivity index (χ4n) is 0.502. The van der Waals surface area contributed by atoms with Gasteiger partial charge in [-0.15, -0.1) is 0 Å². The fourth-order valence-corrected chi connectivity index (χ4v) is 0.565. The van der Waals surface area contributed by atoms with Gasteiger partial charge in [-0.2, -0.15) is 0 Å². The minimum atomic E-state index is -0.400. The molecule has 0 unspecified atom stereocenters. The summed E-state index contributed by atoms with van der Waals surface area (Å²) in [6, 6.07) is 0. The third-order valence-electron chi connectivity index (χ3n) is 1.23. The number of methoxy groups -OCH3 is 1.